The predicted octanol–water partition coefficient (Wildman–Crippen LogP) is 4.42. The molecule has 4 rings (SSSR count). The molecule has 0 atom stereocenters. The zero-order valence-corrected chi connectivity index (χ0v) is 14.6. The van der Waals surface area contributed by atoms with E-state index in [1.807, 2.05) is 35.4 Å². The zero-order chi connectivity index (χ0) is 17.1. The van der Waals surface area contributed by atoms with Crippen LogP contribution in [0.3, 0.4) is 0 Å². The Kier molecular flexibility index (Phi) is 4.68. The van der Waals surface area contributed by atoms with Gasteiger partial charge in [-0.25, -0.2) is 0 Å². The molecular weight excluding hydrogens is 310 g/mol. The normalized spacial score (nSPS) is 17.8. The summed E-state index contributed by atoms with van der Waals surface area (Å²) in [5, 5.41) is 3.59. The zero-order valence-electron chi connectivity index (χ0n) is 14.6. The van der Waals surface area contributed by atoms with E-state index < -0.39 is 0 Å². The average Bonchev–Trinajstić information content (AvgIpc) is 2.91. The fraction of sp³-hybridized carbons (Fsp3) is 0.429. The topological polar surface area (TPSA) is 45.2 Å². The fourth-order valence-corrected chi connectivity index (χ4v) is 4.00. The van der Waals surface area contributed by atoms with E-state index in [1.54, 1.807) is 6.20 Å². The number of pyridine rings is 1. The molecule has 1 amide bonds. The maximum Gasteiger partial charge on any atom is 0.259 e. The molecule has 1 fully saturated rings. The lowest BCUT2D eigenvalue weighted by Gasteiger charge is -2.20. The van der Waals surface area contributed by atoms with Crippen LogP contribution in [0.1, 0.15) is 54.4 Å². The third-order valence-corrected chi connectivity index (χ3v) is 5.34. The molecular formula is C21H25N3O. The van der Waals surface area contributed by atoms with Crippen LogP contribution < -0.4 is 10.2 Å². The highest BCUT2D eigenvalue weighted by Crippen LogP contribution is 2.29. The maximum atomic E-state index is 13.0. The minimum Gasteiger partial charge on any atom is -0.381 e. The Balaban J connectivity index is 1.50. The van der Waals surface area contributed by atoms with Gasteiger partial charge >= 0.3 is 0 Å². The van der Waals surface area contributed by atoms with E-state index in [0.29, 0.717) is 11.6 Å². The van der Waals surface area contributed by atoms with Crippen LogP contribution >= 0.6 is 0 Å². The Morgan fingerprint density at radius 1 is 1.08 bits per heavy atom. The third kappa shape index (κ3) is 3.53. The minimum atomic E-state index is 0.0435. The number of aromatic nitrogens is 1. The van der Waals surface area contributed by atoms with Gasteiger partial charge in [-0.2, -0.15) is 0 Å². The summed E-state index contributed by atoms with van der Waals surface area (Å²) >= 11 is 0. The number of anilines is 2. The Hall–Kier alpha value is -2.36. The molecule has 0 spiro atoms. The van der Waals surface area contributed by atoms with Crippen LogP contribution in [0.5, 0.6) is 0 Å². The number of para-hydroxylation sites is 1. The first kappa shape index (κ1) is 16.1. The molecule has 130 valence electrons. The van der Waals surface area contributed by atoms with Crippen molar-refractivity contribution in [3.05, 3.63) is 53.9 Å². The SMILES string of the molecule is O=C(c1cncc(NC2CCCCCC2)c1)N1CCc2ccccc21. The number of hydrogen-bond donors (Lipinski definition) is 1. The fourth-order valence-electron chi connectivity index (χ4n) is 4.00. The Morgan fingerprint density at radius 2 is 1.88 bits per heavy atom. The van der Waals surface area contributed by atoms with Gasteiger partial charge in [0.1, 0.15) is 0 Å². The summed E-state index contributed by atoms with van der Waals surface area (Å²) in [6.45, 7) is 0.748. The number of rotatable bonds is 3. The summed E-state index contributed by atoms with van der Waals surface area (Å²) in [4.78, 5) is 19.2. The summed E-state index contributed by atoms with van der Waals surface area (Å²) < 4.78 is 0. The van der Waals surface area contributed by atoms with Crippen molar-refractivity contribution < 1.29 is 4.79 Å². The minimum absolute atomic E-state index is 0.0435. The lowest BCUT2D eigenvalue weighted by atomic mass is 10.1. The summed E-state index contributed by atoms with van der Waals surface area (Å²) in [5.74, 6) is 0.0435. The summed E-state index contributed by atoms with van der Waals surface area (Å²) in [5.41, 5.74) is 3.91. The van der Waals surface area contributed by atoms with Gasteiger partial charge in [0.25, 0.3) is 5.91 Å². The first-order valence-electron chi connectivity index (χ1n) is 9.42. The molecule has 1 aromatic carbocycles. The van der Waals surface area contributed by atoms with Crippen molar-refractivity contribution in [3.8, 4) is 0 Å². The standard InChI is InChI=1S/C21H25N3O/c25-21(24-12-11-16-7-5-6-10-20(16)24)17-13-19(15-22-14-17)23-18-8-3-1-2-4-9-18/h5-7,10,13-15,18,23H,1-4,8-9,11-12H2. The molecule has 4 heteroatoms. The molecule has 2 aromatic rings. The largest absolute Gasteiger partial charge is 0.381 e. The molecule has 4 nitrogen and oxygen atoms in total. The summed E-state index contributed by atoms with van der Waals surface area (Å²) in [7, 11) is 0. The Bertz CT molecular complexity index is 750. The molecule has 1 aliphatic heterocycles. The van der Waals surface area contributed by atoms with E-state index in [9.17, 15) is 4.79 Å². The van der Waals surface area contributed by atoms with Gasteiger partial charge in [-0.3, -0.25) is 9.78 Å². The average molecular weight is 335 g/mol. The van der Waals surface area contributed by atoms with Crippen molar-refractivity contribution in [1.29, 1.82) is 0 Å². The molecule has 0 radical (unpaired) electrons. The van der Waals surface area contributed by atoms with Crippen molar-refractivity contribution in [2.75, 3.05) is 16.8 Å². The van der Waals surface area contributed by atoms with Crippen molar-refractivity contribution >= 4 is 17.3 Å². The number of nitrogens with zero attached hydrogens (tertiary/aromatic N) is 2. The van der Waals surface area contributed by atoms with Crippen LogP contribution in [0.2, 0.25) is 0 Å². The first-order valence-corrected chi connectivity index (χ1v) is 9.42. The highest BCUT2D eigenvalue weighted by Gasteiger charge is 2.25. The van der Waals surface area contributed by atoms with E-state index in [1.165, 1.54) is 44.1 Å². The van der Waals surface area contributed by atoms with Crippen LogP contribution in [0.25, 0.3) is 0 Å². The van der Waals surface area contributed by atoms with Gasteiger partial charge < -0.3 is 10.2 Å². The molecule has 1 saturated carbocycles. The van der Waals surface area contributed by atoms with Crippen LogP contribution in [0.4, 0.5) is 11.4 Å². The number of amides is 1. The number of carbonyl (C=O) groups is 1. The van der Waals surface area contributed by atoms with Gasteiger partial charge in [0.2, 0.25) is 0 Å². The van der Waals surface area contributed by atoms with Gasteiger partial charge in [-0.05, 0) is 37.0 Å². The Labute approximate surface area is 149 Å². The van der Waals surface area contributed by atoms with Crippen LogP contribution in [0, 0.1) is 0 Å². The maximum absolute atomic E-state index is 13.0. The number of hydrogen-bond acceptors (Lipinski definition) is 3. The molecule has 0 unspecified atom stereocenters. The second-order valence-corrected chi connectivity index (χ2v) is 7.13. The number of nitrogens with one attached hydrogen (secondary N) is 1. The molecule has 1 aromatic heterocycles. The second-order valence-electron chi connectivity index (χ2n) is 7.13. The van der Waals surface area contributed by atoms with Crippen LogP contribution in [-0.2, 0) is 6.42 Å². The second kappa shape index (κ2) is 7.26. The number of carbonyl (C=O) groups excluding carboxylic acids is 1. The number of fused-ring (bicyclic) bond motifs is 1. The van der Waals surface area contributed by atoms with Crippen molar-refractivity contribution in [2.24, 2.45) is 0 Å². The highest BCUT2D eigenvalue weighted by molar-refractivity contribution is 6.07. The Morgan fingerprint density at radius 3 is 2.72 bits per heavy atom. The van der Waals surface area contributed by atoms with E-state index in [4.69, 9.17) is 0 Å². The number of benzene rings is 1. The van der Waals surface area contributed by atoms with Gasteiger partial charge in [0.05, 0.1) is 11.3 Å². The van der Waals surface area contributed by atoms with Gasteiger partial charge in [-0.15, -0.1) is 0 Å². The van der Waals surface area contributed by atoms with Crippen LogP contribution in [-0.4, -0.2) is 23.5 Å². The molecule has 0 bridgehead atoms. The van der Waals surface area contributed by atoms with Crippen molar-refractivity contribution in [2.45, 2.75) is 51.0 Å². The molecule has 25 heavy (non-hydrogen) atoms. The molecule has 1 N–H and O–H groups in total. The van der Waals surface area contributed by atoms with Crippen molar-refractivity contribution in [1.82, 2.24) is 4.98 Å². The van der Waals surface area contributed by atoms with E-state index in [-0.39, 0.29) is 5.91 Å². The quantitative estimate of drug-likeness (QED) is 0.845. The first-order chi connectivity index (χ1) is 12.3. The van der Waals surface area contributed by atoms with Gasteiger partial charge in [-0.1, -0.05) is 43.9 Å². The van der Waals surface area contributed by atoms with E-state index >= 15 is 0 Å². The van der Waals surface area contributed by atoms with E-state index in [0.717, 1.165) is 24.3 Å². The third-order valence-electron chi connectivity index (χ3n) is 5.34. The lowest BCUT2D eigenvalue weighted by Crippen LogP contribution is -2.29. The van der Waals surface area contributed by atoms with Gasteiger partial charge in [0, 0.05) is 30.7 Å². The highest BCUT2D eigenvalue weighted by atomic mass is 16.2. The molecule has 2 heterocycles. The van der Waals surface area contributed by atoms with Crippen molar-refractivity contribution in [3.63, 3.8) is 0 Å². The van der Waals surface area contributed by atoms with Crippen LogP contribution in [0.15, 0.2) is 42.7 Å². The summed E-state index contributed by atoms with van der Waals surface area (Å²) in [6, 6.07) is 10.6. The molecule has 0 saturated heterocycles. The smallest absolute Gasteiger partial charge is 0.259 e. The van der Waals surface area contributed by atoms with Gasteiger partial charge in [0.15, 0.2) is 0 Å². The monoisotopic (exact) mass is 335 g/mol. The van der Waals surface area contributed by atoms with E-state index in [2.05, 4.69) is 16.4 Å². The molecule has 2 aliphatic rings. The summed E-state index contributed by atoms with van der Waals surface area (Å²) in [6.07, 6.45) is 12.1. The predicted molar refractivity (Wildman–Crippen MR) is 101 cm³/mol. The molecule has 1 aliphatic carbocycles. The lowest BCUT2D eigenvalue weighted by molar-refractivity contribution is 0.0989.